The molecule has 0 saturated carbocycles. The Balaban J connectivity index is 2.69. The Kier molecular flexibility index (Phi) is 4.05. The number of Topliss-reactive ketones (excluding diaryl/α,β-unsaturated/α-hetero) is 1. The van der Waals surface area contributed by atoms with Crippen LogP contribution in [0.1, 0.15) is 21.5 Å². The van der Waals surface area contributed by atoms with Gasteiger partial charge in [-0.05, 0) is 19.1 Å². The Hall–Kier alpha value is -0.230. The topological polar surface area (TPSA) is 34.1 Å². The van der Waals surface area contributed by atoms with Gasteiger partial charge < -0.3 is 4.79 Å². The van der Waals surface area contributed by atoms with Crippen LogP contribution in [-0.2, 0) is 11.2 Å². The van der Waals surface area contributed by atoms with Gasteiger partial charge in [0.2, 0.25) is 0 Å². The highest BCUT2D eigenvalue weighted by molar-refractivity contribution is 14.1. The lowest BCUT2D eigenvalue weighted by molar-refractivity contribution is -0.107. The molecule has 0 aromatic carbocycles. The normalized spacial score (nSPS) is 12.5. The molecular formula is C9H9IO2S. The molecule has 0 N–H and O–H groups in total. The first-order valence-corrected chi connectivity index (χ1v) is 5.88. The van der Waals surface area contributed by atoms with Crippen molar-refractivity contribution in [2.45, 2.75) is 17.3 Å². The largest absolute Gasteiger partial charge is 0.302 e. The van der Waals surface area contributed by atoms with Gasteiger partial charge in [-0.3, -0.25) is 4.79 Å². The Morgan fingerprint density at radius 2 is 2.38 bits per heavy atom. The zero-order valence-corrected chi connectivity index (χ0v) is 10.1. The van der Waals surface area contributed by atoms with Gasteiger partial charge in [0.1, 0.15) is 6.29 Å². The minimum absolute atomic E-state index is 0.0102. The van der Waals surface area contributed by atoms with Crippen LogP contribution >= 0.6 is 33.9 Å². The molecule has 0 fully saturated rings. The Morgan fingerprint density at radius 1 is 1.69 bits per heavy atom. The van der Waals surface area contributed by atoms with Gasteiger partial charge in [0.05, 0.1) is 8.80 Å². The number of thiophene rings is 1. The monoisotopic (exact) mass is 308 g/mol. The molecular weight excluding hydrogens is 299 g/mol. The van der Waals surface area contributed by atoms with Gasteiger partial charge in [-0.1, -0.05) is 22.6 Å². The summed E-state index contributed by atoms with van der Waals surface area (Å²) in [5, 5.41) is 0. The predicted molar refractivity (Wildman–Crippen MR) is 61.9 cm³/mol. The second-order valence-electron chi connectivity index (χ2n) is 2.68. The third-order valence-electron chi connectivity index (χ3n) is 1.55. The summed E-state index contributed by atoms with van der Waals surface area (Å²) in [5.41, 5.74) is 0. The molecule has 1 heterocycles. The summed E-state index contributed by atoms with van der Waals surface area (Å²) in [4.78, 5) is 23.2. The summed E-state index contributed by atoms with van der Waals surface area (Å²) in [6.07, 6.45) is 1.65. The van der Waals surface area contributed by atoms with Gasteiger partial charge in [0.15, 0.2) is 5.78 Å². The van der Waals surface area contributed by atoms with Crippen molar-refractivity contribution < 1.29 is 9.59 Å². The molecule has 1 unspecified atom stereocenters. The first-order valence-electron chi connectivity index (χ1n) is 3.82. The molecule has 1 aromatic rings. The molecule has 1 atom stereocenters. The van der Waals surface area contributed by atoms with Crippen molar-refractivity contribution in [2.75, 3.05) is 0 Å². The molecule has 0 saturated heterocycles. The number of hydrogen-bond donors (Lipinski definition) is 0. The van der Waals surface area contributed by atoms with Crippen LogP contribution in [0.15, 0.2) is 12.1 Å². The summed E-state index contributed by atoms with van der Waals surface area (Å²) < 4.78 is 0.0102. The molecule has 2 nitrogen and oxygen atoms in total. The van der Waals surface area contributed by atoms with Crippen molar-refractivity contribution in [3.8, 4) is 0 Å². The summed E-state index contributed by atoms with van der Waals surface area (Å²) in [6.45, 7) is 1.55. The summed E-state index contributed by atoms with van der Waals surface area (Å²) in [5.74, 6) is 0.0901. The zero-order valence-electron chi connectivity index (χ0n) is 7.12. The van der Waals surface area contributed by atoms with Gasteiger partial charge in [0.25, 0.3) is 0 Å². The molecule has 70 valence electrons. The molecule has 0 radical (unpaired) electrons. The average Bonchev–Trinajstić information content (AvgIpc) is 2.52. The van der Waals surface area contributed by atoms with E-state index in [2.05, 4.69) is 22.6 Å². The lowest BCUT2D eigenvalue weighted by Crippen LogP contribution is -2.01. The standard InChI is InChI=1S/C9H9IO2S/c1-6(12)9-3-2-8(13-9)4-7(10)5-11/h2-3,5,7H,4H2,1H3. The number of rotatable bonds is 4. The average molecular weight is 308 g/mol. The maximum absolute atomic E-state index is 11.0. The Labute approximate surface area is 94.5 Å². The van der Waals surface area contributed by atoms with Crippen LogP contribution in [0.3, 0.4) is 0 Å². The van der Waals surface area contributed by atoms with Crippen LogP contribution in [0, 0.1) is 0 Å². The molecule has 0 aliphatic heterocycles. The summed E-state index contributed by atoms with van der Waals surface area (Å²) in [6, 6.07) is 3.73. The Bertz CT molecular complexity index is 319. The highest BCUT2D eigenvalue weighted by Crippen LogP contribution is 2.20. The van der Waals surface area contributed by atoms with Crippen LogP contribution < -0.4 is 0 Å². The first-order chi connectivity index (χ1) is 6.13. The molecule has 1 rings (SSSR count). The maximum Gasteiger partial charge on any atom is 0.169 e. The zero-order chi connectivity index (χ0) is 9.84. The van der Waals surface area contributed by atoms with Crippen molar-refractivity contribution in [1.82, 2.24) is 0 Å². The van der Waals surface area contributed by atoms with E-state index < -0.39 is 0 Å². The van der Waals surface area contributed by atoms with E-state index in [1.54, 1.807) is 6.92 Å². The SMILES string of the molecule is CC(=O)c1ccc(CC(I)C=O)s1. The third-order valence-corrected chi connectivity index (χ3v) is 3.49. The minimum Gasteiger partial charge on any atom is -0.302 e. The van der Waals surface area contributed by atoms with Crippen LogP contribution in [-0.4, -0.2) is 16.0 Å². The highest BCUT2D eigenvalue weighted by Gasteiger charge is 2.08. The van der Waals surface area contributed by atoms with Crippen LogP contribution in [0.5, 0.6) is 0 Å². The fourth-order valence-corrected chi connectivity index (χ4v) is 2.65. The van der Waals surface area contributed by atoms with Gasteiger partial charge in [-0.15, -0.1) is 11.3 Å². The number of carbonyl (C=O) groups is 2. The lowest BCUT2D eigenvalue weighted by atomic mass is 10.3. The van der Waals surface area contributed by atoms with E-state index in [1.807, 2.05) is 12.1 Å². The molecule has 4 heteroatoms. The minimum atomic E-state index is 0.0102. The highest BCUT2D eigenvalue weighted by atomic mass is 127. The van der Waals surface area contributed by atoms with Gasteiger partial charge in [-0.2, -0.15) is 0 Å². The van der Waals surface area contributed by atoms with Crippen LogP contribution in [0.25, 0.3) is 0 Å². The maximum atomic E-state index is 11.0. The fourth-order valence-electron chi connectivity index (χ4n) is 0.917. The summed E-state index contributed by atoms with van der Waals surface area (Å²) in [7, 11) is 0. The molecule has 1 aromatic heterocycles. The second kappa shape index (κ2) is 4.85. The van der Waals surface area contributed by atoms with E-state index in [-0.39, 0.29) is 9.71 Å². The number of carbonyl (C=O) groups excluding carboxylic acids is 2. The molecule has 0 amide bonds. The van der Waals surface area contributed by atoms with Gasteiger partial charge in [0, 0.05) is 11.3 Å². The van der Waals surface area contributed by atoms with Crippen LogP contribution in [0.4, 0.5) is 0 Å². The van der Waals surface area contributed by atoms with Gasteiger partial charge in [-0.25, -0.2) is 0 Å². The lowest BCUT2D eigenvalue weighted by Gasteiger charge is -1.96. The fraction of sp³-hybridized carbons (Fsp3) is 0.333. The molecule has 0 spiro atoms. The summed E-state index contributed by atoms with van der Waals surface area (Å²) >= 11 is 3.56. The van der Waals surface area contributed by atoms with Crippen LogP contribution in [0.2, 0.25) is 0 Å². The van der Waals surface area contributed by atoms with E-state index in [1.165, 1.54) is 11.3 Å². The van der Waals surface area contributed by atoms with Crippen molar-refractivity contribution >= 4 is 46.0 Å². The van der Waals surface area contributed by atoms with E-state index in [4.69, 9.17) is 0 Å². The Morgan fingerprint density at radius 3 is 2.85 bits per heavy atom. The molecule has 0 aliphatic carbocycles. The molecule has 0 aliphatic rings. The van der Waals surface area contributed by atoms with E-state index >= 15 is 0 Å². The van der Waals surface area contributed by atoms with E-state index in [9.17, 15) is 9.59 Å². The van der Waals surface area contributed by atoms with E-state index in [0.29, 0.717) is 0 Å². The van der Waals surface area contributed by atoms with Crippen molar-refractivity contribution in [3.63, 3.8) is 0 Å². The number of alkyl halides is 1. The predicted octanol–water partition coefficient (Wildman–Crippen LogP) is 2.50. The molecule has 0 bridgehead atoms. The van der Waals surface area contributed by atoms with Crippen molar-refractivity contribution in [1.29, 1.82) is 0 Å². The smallest absolute Gasteiger partial charge is 0.169 e. The quantitative estimate of drug-likeness (QED) is 0.371. The third kappa shape index (κ3) is 3.19. The van der Waals surface area contributed by atoms with E-state index in [0.717, 1.165) is 22.5 Å². The first kappa shape index (κ1) is 10.8. The molecule has 13 heavy (non-hydrogen) atoms. The van der Waals surface area contributed by atoms with Crippen molar-refractivity contribution in [3.05, 3.63) is 21.9 Å². The van der Waals surface area contributed by atoms with Gasteiger partial charge >= 0.3 is 0 Å². The van der Waals surface area contributed by atoms with Crippen molar-refractivity contribution in [2.24, 2.45) is 0 Å². The number of ketones is 1. The number of aldehydes is 1. The number of hydrogen-bond acceptors (Lipinski definition) is 3. The number of halogens is 1. The second-order valence-corrected chi connectivity index (χ2v) is 5.45.